The molecule has 0 heterocycles. The van der Waals surface area contributed by atoms with Crippen molar-refractivity contribution in [1.29, 1.82) is 0 Å². The summed E-state index contributed by atoms with van der Waals surface area (Å²) in [7, 11) is -7.44. The van der Waals surface area contributed by atoms with E-state index in [4.69, 9.17) is 0 Å². The molecular formula is C8H16N2O5S2. The SMILES string of the molecule is CCC(=O)C(C)N(/C=N/S(C)(=O)=O)S(C)(=O)=O. The lowest BCUT2D eigenvalue weighted by Crippen LogP contribution is -2.41. The lowest BCUT2D eigenvalue weighted by molar-refractivity contribution is -0.121. The highest BCUT2D eigenvalue weighted by atomic mass is 32.2. The van der Waals surface area contributed by atoms with Crippen molar-refractivity contribution in [2.24, 2.45) is 4.40 Å². The quantitative estimate of drug-likeness (QED) is 0.488. The van der Waals surface area contributed by atoms with Crippen LogP contribution in [0.1, 0.15) is 20.3 Å². The summed E-state index contributed by atoms with van der Waals surface area (Å²) in [6.07, 6.45) is 2.51. The summed E-state index contributed by atoms with van der Waals surface area (Å²) in [5.41, 5.74) is 0. The molecule has 7 nitrogen and oxygen atoms in total. The van der Waals surface area contributed by atoms with Crippen LogP contribution in [-0.2, 0) is 24.8 Å². The first kappa shape index (κ1) is 16.0. The van der Waals surface area contributed by atoms with E-state index in [2.05, 4.69) is 4.40 Å². The number of hydrogen-bond donors (Lipinski definition) is 0. The van der Waals surface area contributed by atoms with Crippen LogP contribution < -0.4 is 0 Å². The average molecular weight is 284 g/mol. The molecule has 0 rings (SSSR count). The maximum Gasteiger partial charge on any atom is 0.251 e. The Morgan fingerprint density at radius 3 is 2.06 bits per heavy atom. The van der Waals surface area contributed by atoms with E-state index in [1.807, 2.05) is 0 Å². The first-order valence-electron chi connectivity index (χ1n) is 4.75. The van der Waals surface area contributed by atoms with Gasteiger partial charge in [-0.2, -0.15) is 4.40 Å². The van der Waals surface area contributed by atoms with E-state index in [9.17, 15) is 21.6 Å². The number of nitrogens with zero attached hydrogens (tertiary/aromatic N) is 2. The molecule has 0 aliphatic heterocycles. The third-order valence-corrected chi connectivity index (χ3v) is 3.59. The second-order valence-corrected chi connectivity index (χ2v) is 7.11. The van der Waals surface area contributed by atoms with E-state index in [1.165, 1.54) is 6.92 Å². The number of hydrogen-bond acceptors (Lipinski definition) is 5. The van der Waals surface area contributed by atoms with Crippen molar-refractivity contribution < 1.29 is 21.6 Å². The normalized spacial score (nSPS) is 14.8. The summed E-state index contributed by atoms with van der Waals surface area (Å²) in [6, 6.07) is -0.972. The Morgan fingerprint density at radius 1 is 1.29 bits per heavy atom. The van der Waals surface area contributed by atoms with Crippen molar-refractivity contribution in [3.8, 4) is 0 Å². The number of rotatable bonds is 6. The lowest BCUT2D eigenvalue weighted by atomic mass is 10.2. The van der Waals surface area contributed by atoms with Crippen molar-refractivity contribution in [2.45, 2.75) is 26.3 Å². The highest BCUT2D eigenvalue weighted by Crippen LogP contribution is 2.06. The summed E-state index contributed by atoms with van der Waals surface area (Å²) in [5, 5.41) is 0. The van der Waals surface area contributed by atoms with Crippen molar-refractivity contribution in [3.05, 3.63) is 0 Å². The van der Waals surface area contributed by atoms with Crippen LogP contribution in [0, 0.1) is 0 Å². The van der Waals surface area contributed by atoms with E-state index in [1.54, 1.807) is 6.92 Å². The van der Waals surface area contributed by atoms with Gasteiger partial charge in [0.1, 0.15) is 12.4 Å². The minimum absolute atomic E-state index is 0.153. The van der Waals surface area contributed by atoms with E-state index in [0.717, 1.165) is 12.5 Å². The van der Waals surface area contributed by atoms with Crippen molar-refractivity contribution in [2.75, 3.05) is 12.5 Å². The summed E-state index contributed by atoms with van der Waals surface area (Å²) < 4.78 is 48.2. The van der Waals surface area contributed by atoms with Crippen LogP contribution >= 0.6 is 0 Å². The fourth-order valence-electron chi connectivity index (χ4n) is 1.04. The van der Waals surface area contributed by atoms with Crippen LogP contribution in [0.25, 0.3) is 0 Å². The van der Waals surface area contributed by atoms with Gasteiger partial charge in [0, 0.05) is 6.42 Å². The Balaban J connectivity index is 5.33. The van der Waals surface area contributed by atoms with Gasteiger partial charge < -0.3 is 0 Å². The largest absolute Gasteiger partial charge is 0.297 e. The van der Waals surface area contributed by atoms with Gasteiger partial charge in [-0.1, -0.05) is 6.92 Å². The fourth-order valence-corrected chi connectivity index (χ4v) is 2.29. The number of ketones is 1. The Hall–Kier alpha value is -0.960. The molecule has 100 valence electrons. The highest BCUT2D eigenvalue weighted by Gasteiger charge is 2.25. The van der Waals surface area contributed by atoms with Gasteiger partial charge in [-0.15, -0.1) is 0 Å². The molecule has 17 heavy (non-hydrogen) atoms. The molecule has 0 bridgehead atoms. The van der Waals surface area contributed by atoms with Crippen LogP contribution in [0.15, 0.2) is 4.40 Å². The number of sulfonamides is 2. The molecule has 0 saturated carbocycles. The summed E-state index contributed by atoms with van der Waals surface area (Å²) >= 11 is 0. The van der Waals surface area contributed by atoms with E-state index < -0.39 is 26.1 Å². The van der Waals surface area contributed by atoms with E-state index in [0.29, 0.717) is 10.6 Å². The standard InChI is InChI=1S/C8H16N2O5S2/c1-5-8(11)7(2)10(17(4,14)15)6-9-16(3,12)13/h6-7H,5H2,1-4H3/b9-6+. The van der Waals surface area contributed by atoms with Gasteiger partial charge in [0.25, 0.3) is 10.0 Å². The molecule has 0 aromatic rings. The fraction of sp³-hybridized carbons (Fsp3) is 0.750. The first-order chi connectivity index (χ1) is 7.49. The minimum Gasteiger partial charge on any atom is -0.297 e. The molecule has 0 fully saturated rings. The van der Waals surface area contributed by atoms with Crippen LogP contribution in [0.3, 0.4) is 0 Å². The van der Waals surface area contributed by atoms with Crippen LogP contribution in [0.4, 0.5) is 0 Å². The molecule has 9 heteroatoms. The third-order valence-electron chi connectivity index (χ3n) is 1.93. The maximum atomic E-state index is 11.4. The molecule has 0 aromatic carbocycles. The van der Waals surface area contributed by atoms with Crippen LogP contribution in [0.5, 0.6) is 0 Å². The molecule has 1 unspecified atom stereocenters. The van der Waals surface area contributed by atoms with Crippen molar-refractivity contribution in [1.82, 2.24) is 4.31 Å². The Morgan fingerprint density at radius 2 is 1.76 bits per heavy atom. The summed E-state index contributed by atoms with van der Waals surface area (Å²) in [4.78, 5) is 11.4. The molecule has 0 radical (unpaired) electrons. The second-order valence-electron chi connectivity index (χ2n) is 3.54. The number of Topliss-reactive ketones (excluding diaryl/α,β-unsaturated/α-hetero) is 1. The molecule has 0 N–H and O–H groups in total. The lowest BCUT2D eigenvalue weighted by Gasteiger charge is -2.22. The third kappa shape index (κ3) is 5.78. The maximum absolute atomic E-state index is 11.4. The van der Waals surface area contributed by atoms with E-state index in [-0.39, 0.29) is 12.2 Å². The Bertz CT molecular complexity index is 506. The molecule has 0 aromatic heterocycles. The molecule has 0 spiro atoms. The monoisotopic (exact) mass is 284 g/mol. The summed E-state index contributed by atoms with van der Waals surface area (Å²) in [6.45, 7) is 2.97. The van der Waals surface area contributed by atoms with Crippen LogP contribution in [0.2, 0.25) is 0 Å². The van der Waals surface area contributed by atoms with Crippen LogP contribution in [-0.4, -0.2) is 51.8 Å². The average Bonchev–Trinajstić information content (AvgIpc) is 2.12. The van der Waals surface area contributed by atoms with Gasteiger partial charge in [-0.3, -0.25) is 4.79 Å². The first-order valence-corrected chi connectivity index (χ1v) is 8.45. The topological polar surface area (TPSA) is 101 Å². The van der Waals surface area contributed by atoms with Gasteiger partial charge in [-0.05, 0) is 6.92 Å². The molecular weight excluding hydrogens is 268 g/mol. The van der Waals surface area contributed by atoms with Crippen molar-refractivity contribution in [3.63, 3.8) is 0 Å². The van der Waals surface area contributed by atoms with Crippen molar-refractivity contribution >= 4 is 32.2 Å². The van der Waals surface area contributed by atoms with Gasteiger partial charge >= 0.3 is 0 Å². The molecule has 0 aliphatic rings. The minimum atomic E-state index is -3.74. The second kappa shape index (κ2) is 5.58. The van der Waals surface area contributed by atoms with E-state index >= 15 is 0 Å². The van der Waals surface area contributed by atoms with Gasteiger partial charge in [0.2, 0.25) is 10.0 Å². The van der Waals surface area contributed by atoms with Gasteiger partial charge in [0.05, 0.1) is 12.5 Å². The van der Waals surface area contributed by atoms with Gasteiger partial charge in [0.15, 0.2) is 5.78 Å². The number of carbonyl (C=O) groups excluding carboxylic acids is 1. The van der Waals surface area contributed by atoms with Gasteiger partial charge in [-0.25, -0.2) is 21.1 Å². The molecule has 0 saturated heterocycles. The summed E-state index contributed by atoms with van der Waals surface area (Å²) in [5.74, 6) is -0.324. The molecule has 0 amide bonds. The zero-order valence-corrected chi connectivity index (χ0v) is 11.7. The number of carbonyl (C=O) groups is 1. The smallest absolute Gasteiger partial charge is 0.251 e. The Kier molecular flexibility index (Phi) is 5.27. The molecule has 1 atom stereocenters. The highest BCUT2D eigenvalue weighted by molar-refractivity contribution is 7.90. The predicted octanol–water partition coefficient (Wildman–Crippen LogP) is -0.396. The Labute approximate surface area is 102 Å². The zero-order valence-electron chi connectivity index (χ0n) is 10.1. The molecule has 0 aliphatic carbocycles. The predicted molar refractivity (Wildman–Crippen MR) is 64.8 cm³/mol. The zero-order chi connectivity index (χ0) is 13.9.